The average Bonchev–Trinajstić information content (AvgIpc) is 2.78. The first-order valence-electron chi connectivity index (χ1n) is 5.37. The summed E-state index contributed by atoms with van der Waals surface area (Å²) in [6.07, 6.45) is 1.95. The molecule has 1 unspecified atom stereocenters. The molecule has 0 bridgehead atoms. The van der Waals surface area contributed by atoms with Crippen LogP contribution in [0.15, 0.2) is 47.1 Å². The molecule has 16 heavy (non-hydrogen) atoms. The highest BCUT2D eigenvalue weighted by atomic mass is 79.9. The summed E-state index contributed by atoms with van der Waals surface area (Å²) in [5.41, 5.74) is 2.50. The lowest BCUT2D eigenvalue weighted by atomic mass is 10.1. The van der Waals surface area contributed by atoms with Crippen LogP contribution in [0.5, 0.6) is 0 Å². The second kappa shape index (κ2) is 5.32. The molecule has 0 saturated heterocycles. The molecule has 0 radical (unpaired) electrons. The van der Waals surface area contributed by atoms with Gasteiger partial charge in [-0.25, -0.2) is 0 Å². The third-order valence-corrected chi connectivity index (χ3v) is 3.10. The van der Waals surface area contributed by atoms with Gasteiger partial charge in [-0.3, -0.25) is 0 Å². The van der Waals surface area contributed by atoms with Crippen molar-refractivity contribution in [1.29, 1.82) is 0 Å². The molecule has 2 aromatic rings. The van der Waals surface area contributed by atoms with Crippen molar-refractivity contribution in [3.8, 4) is 0 Å². The number of hydrogen-bond acceptors (Lipinski definition) is 1. The summed E-state index contributed by atoms with van der Waals surface area (Å²) < 4.78 is 1.12. The normalized spacial score (nSPS) is 12.6. The van der Waals surface area contributed by atoms with E-state index in [1.54, 1.807) is 0 Å². The fourth-order valence-electron chi connectivity index (χ4n) is 1.63. The first-order chi connectivity index (χ1) is 7.75. The third kappa shape index (κ3) is 2.97. The largest absolute Gasteiger partial charge is 0.364 e. The number of H-pyrrole nitrogens is 1. The molecule has 0 aliphatic heterocycles. The van der Waals surface area contributed by atoms with Crippen LogP contribution in [-0.2, 0) is 6.54 Å². The Morgan fingerprint density at radius 2 is 2.19 bits per heavy atom. The molecule has 0 aliphatic carbocycles. The van der Waals surface area contributed by atoms with Gasteiger partial charge in [-0.05, 0) is 36.8 Å². The number of aromatic nitrogens is 1. The lowest BCUT2D eigenvalue weighted by Crippen LogP contribution is -2.18. The maximum atomic E-state index is 3.49. The van der Waals surface area contributed by atoms with E-state index in [1.807, 2.05) is 18.3 Å². The molecule has 0 fully saturated rings. The highest BCUT2D eigenvalue weighted by Crippen LogP contribution is 2.18. The van der Waals surface area contributed by atoms with Gasteiger partial charge >= 0.3 is 0 Å². The van der Waals surface area contributed by atoms with E-state index in [2.05, 4.69) is 57.4 Å². The first kappa shape index (κ1) is 11.4. The summed E-state index contributed by atoms with van der Waals surface area (Å²) in [6, 6.07) is 12.8. The van der Waals surface area contributed by atoms with E-state index in [4.69, 9.17) is 0 Å². The summed E-state index contributed by atoms with van der Waals surface area (Å²) in [7, 11) is 0. The molecule has 2 N–H and O–H groups in total. The van der Waals surface area contributed by atoms with Crippen molar-refractivity contribution in [3.05, 3.63) is 58.3 Å². The molecule has 0 aliphatic rings. The highest BCUT2D eigenvalue weighted by Gasteiger charge is 2.04. The second-order valence-corrected chi connectivity index (χ2v) is 4.77. The van der Waals surface area contributed by atoms with Crippen LogP contribution >= 0.6 is 15.9 Å². The molecule has 1 aromatic carbocycles. The van der Waals surface area contributed by atoms with Crippen LogP contribution in [0, 0.1) is 0 Å². The van der Waals surface area contributed by atoms with Crippen molar-refractivity contribution in [3.63, 3.8) is 0 Å². The lowest BCUT2D eigenvalue weighted by molar-refractivity contribution is 0.569. The zero-order valence-corrected chi connectivity index (χ0v) is 10.8. The van der Waals surface area contributed by atoms with Crippen molar-refractivity contribution in [2.24, 2.45) is 0 Å². The fourth-order valence-corrected chi connectivity index (χ4v) is 2.05. The van der Waals surface area contributed by atoms with Gasteiger partial charge in [0.15, 0.2) is 0 Å². The minimum atomic E-state index is 0.348. The standard InChI is InChI=1S/C13H15BrN2/c1-10(11-4-2-5-12(14)8-11)16-9-13-6-3-7-15-13/h2-8,10,15-16H,9H2,1H3. The van der Waals surface area contributed by atoms with Gasteiger partial charge in [0, 0.05) is 29.0 Å². The highest BCUT2D eigenvalue weighted by molar-refractivity contribution is 9.10. The smallest absolute Gasteiger partial charge is 0.0362 e. The summed E-state index contributed by atoms with van der Waals surface area (Å²) in [6.45, 7) is 3.03. The maximum Gasteiger partial charge on any atom is 0.0362 e. The Hall–Kier alpha value is -1.06. The van der Waals surface area contributed by atoms with Gasteiger partial charge in [-0.15, -0.1) is 0 Å². The Kier molecular flexibility index (Phi) is 3.80. The van der Waals surface area contributed by atoms with Gasteiger partial charge in [-0.1, -0.05) is 28.1 Å². The van der Waals surface area contributed by atoms with Crippen molar-refractivity contribution >= 4 is 15.9 Å². The van der Waals surface area contributed by atoms with E-state index in [0.717, 1.165) is 11.0 Å². The number of hydrogen-bond donors (Lipinski definition) is 2. The van der Waals surface area contributed by atoms with Gasteiger partial charge in [0.1, 0.15) is 0 Å². The Labute approximate surface area is 104 Å². The van der Waals surface area contributed by atoms with Crippen molar-refractivity contribution < 1.29 is 0 Å². The van der Waals surface area contributed by atoms with E-state index in [1.165, 1.54) is 11.3 Å². The quantitative estimate of drug-likeness (QED) is 0.878. The van der Waals surface area contributed by atoms with Gasteiger partial charge < -0.3 is 10.3 Å². The summed E-state index contributed by atoms with van der Waals surface area (Å²) in [5.74, 6) is 0. The van der Waals surface area contributed by atoms with Crippen LogP contribution in [0.1, 0.15) is 24.2 Å². The van der Waals surface area contributed by atoms with Gasteiger partial charge in [0.25, 0.3) is 0 Å². The molecule has 1 atom stereocenters. The molecule has 2 nitrogen and oxygen atoms in total. The zero-order chi connectivity index (χ0) is 11.4. The van der Waals surface area contributed by atoms with E-state index in [9.17, 15) is 0 Å². The van der Waals surface area contributed by atoms with Gasteiger partial charge in [0.05, 0.1) is 0 Å². The van der Waals surface area contributed by atoms with Crippen molar-refractivity contribution in [2.45, 2.75) is 19.5 Å². The van der Waals surface area contributed by atoms with Crippen molar-refractivity contribution in [1.82, 2.24) is 10.3 Å². The Balaban J connectivity index is 1.95. The van der Waals surface area contributed by atoms with E-state index < -0.39 is 0 Å². The number of benzene rings is 1. The molecular weight excluding hydrogens is 264 g/mol. The lowest BCUT2D eigenvalue weighted by Gasteiger charge is -2.13. The van der Waals surface area contributed by atoms with Crippen LogP contribution < -0.4 is 5.32 Å². The van der Waals surface area contributed by atoms with Crippen LogP contribution in [0.3, 0.4) is 0 Å². The Bertz CT molecular complexity index is 437. The molecule has 2 rings (SSSR count). The molecule has 3 heteroatoms. The monoisotopic (exact) mass is 278 g/mol. The summed E-state index contributed by atoms with van der Waals surface area (Å²) in [5, 5.41) is 3.48. The predicted octanol–water partition coefficient (Wildman–Crippen LogP) is 3.63. The zero-order valence-electron chi connectivity index (χ0n) is 9.20. The van der Waals surface area contributed by atoms with E-state index >= 15 is 0 Å². The molecule has 84 valence electrons. The average molecular weight is 279 g/mol. The van der Waals surface area contributed by atoms with E-state index in [-0.39, 0.29) is 0 Å². The second-order valence-electron chi connectivity index (χ2n) is 3.85. The molecule has 0 spiro atoms. The number of halogens is 1. The van der Waals surface area contributed by atoms with E-state index in [0.29, 0.717) is 6.04 Å². The van der Waals surface area contributed by atoms with Crippen molar-refractivity contribution in [2.75, 3.05) is 0 Å². The van der Waals surface area contributed by atoms with Gasteiger partial charge in [-0.2, -0.15) is 0 Å². The number of aromatic amines is 1. The first-order valence-corrected chi connectivity index (χ1v) is 6.16. The molecule has 0 amide bonds. The summed E-state index contributed by atoms with van der Waals surface area (Å²) >= 11 is 3.49. The maximum absolute atomic E-state index is 3.49. The number of nitrogens with one attached hydrogen (secondary N) is 2. The minimum Gasteiger partial charge on any atom is -0.364 e. The van der Waals surface area contributed by atoms with Crippen LogP contribution in [0.25, 0.3) is 0 Å². The topological polar surface area (TPSA) is 27.8 Å². The molecule has 1 aromatic heterocycles. The Morgan fingerprint density at radius 1 is 1.31 bits per heavy atom. The molecular formula is C13H15BrN2. The van der Waals surface area contributed by atoms with Crippen LogP contribution in [0.2, 0.25) is 0 Å². The van der Waals surface area contributed by atoms with Crippen LogP contribution in [0.4, 0.5) is 0 Å². The predicted molar refractivity (Wildman–Crippen MR) is 70.2 cm³/mol. The molecule has 1 heterocycles. The number of rotatable bonds is 4. The van der Waals surface area contributed by atoms with Crippen LogP contribution in [-0.4, -0.2) is 4.98 Å². The SMILES string of the molecule is CC(NCc1ccc[nH]1)c1cccc(Br)c1. The van der Waals surface area contributed by atoms with Gasteiger partial charge in [0.2, 0.25) is 0 Å². The Morgan fingerprint density at radius 3 is 2.88 bits per heavy atom. The summed E-state index contributed by atoms with van der Waals surface area (Å²) in [4.78, 5) is 3.18. The molecule has 0 saturated carbocycles. The minimum absolute atomic E-state index is 0.348. The fraction of sp³-hybridized carbons (Fsp3) is 0.231. The third-order valence-electron chi connectivity index (χ3n) is 2.61.